The van der Waals surface area contributed by atoms with Gasteiger partial charge in [-0.3, -0.25) is 0 Å². The van der Waals surface area contributed by atoms with Crippen molar-refractivity contribution in [3.8, 4) is 0 Å². The van der Waals surface area contributed by atoms with E-state index in [0.29, 0.717) is 0 Å². The van der Waals surface area contributed by atoms with Gasteiger partial charge in [0.25, 0.3) is 0 Å². The number of rotatable bonds is 3. The van der Waals surface area contributed by atoms with Crippen molar-refractivity contribution in [2.24, 2.45) is 10.2 Å². The Balaban J connectivity index is 1.77. The summed E-state index contributed by atoms with van der Waals surface area (Å²) in [4.78, 5) is 6.54. The van der Waals surface area contributed by atoms with Crippen molar-refractivity contribution < 1.29 is 0 Å². The quantitative estimate of drug-likeness (QED) is 0.861. The highest BCUT2D eigenvalue weighted by Gasteiger charge is 2.12. The second kappa shape index (κ2) is 5.07. The molecule has 3 heterocycles. The molecule has 2 aromatic rings. The summed E-state index contributed by atoms with van der Waals surface area (Å²) in [5.41, 5.74) is 1.06. The summed E-state index contributed by atoms with van der Waals surface area (Å²) >= 11 is 5.98. The summed E-state index contributed by atoms with van der Waals surface area (Å²) < 4.78 is 2.06. The lowest BCUT2D eigenvalue weighted by molar-refractivity contribution is 0.810. The zero-order valence-corrected chi connectivity index (χ0v) is 11.4. The Bertz CT molecular complexity index is 595. The van der Waals surface area contributed by atoms with Gasteiger partial charge in [-0.25, -0.2) is 4.98 Å². The van der Waals surface area contributed by atoms with Crippen LogP contribution >= 0.6 is 24.0 Å². The second-order valence-electron chi connectivity index (χ2n) is 4.06. The van der Waals surface area contributed by atoms with Crippen LogP contribution in [-0.4, -0.2) is 20.3 Å². The highest BCUT2D eigenvalue weighted by molar-refractivity contribution is 7.97. The lowest BCUT2D eigenvalue weighted by atomic mass is 10.2. The number of imidazole rings is 1. The van der Waals surface area contributed by atoms with Crippen LogP contribution in [0.25, 0.3) is 0 Å². The highest BCUT2D eigenvalue weighted by atomic mass is 32.1. The fourth-order valence-electron chi connectivity index (χ4n) is 1.80. The van der Waals surface area contributed by atoms with Gasteiger partial charge in [-0.1, -0.05) is 0 Å². The molecule has 0 spiro atoms. The predicted octanol–water partition coefficient (Wildman–Crippen LogP) is 2.82. The molecule has 0 aliphatic carbocycles. The van der Waals surface area contributed by atoms with E-state index in [4.69, 9.17) is 0 Å². The molecule has 0 N–H and O–H groups in total. The monoisotopic (exact) mass is 276 g/mol. The van der Waals surface area contributed by atoms with E-state index in [-0.39, 0.29) is 0 Å². The molecule has 6 heteroatoms. The molecule has 3 rings (SSSR count). The van der Waals surface area contributed by atoms with Crippen molar-refractivity contribution in [2.75, 3.05) is 0 Å². The molecule has 0 saturated heterocycles. The number of hydrogen-bond acceptors (Lipinski definition) is 4. The molecule has 18 heavy (non-hydrogen) atoms. The lowest BCUT2D eigenvalue weighted by Gasteiger charge is -2.06. The van der Waals surface area contributed by atoms with Gasteiger partial charge in [-0.05, 0) is 18.6 Å². The van der Waals surface area contributed by atoms with Gasteiger partial charge in [0.1, 0.15) is 0 Å². The summed E-state index contributed by atoms with van der Waals surface area (Å²) in [5.74, 6) is 0. The van der Waals surface area contributed by atoms with Gasteiger partial charge < -0.3 is 4.57 Å². The van der Waals surface area contributed by atoms with Gasteiger partial charge in [-0.15, -0.1) is 29.1 Å². The van der Waals surface area contributed by atoms with Crippen LogP contribution in [-0.2, 0) is 6.54 Å². The number of thiophene rings is 1. The molecule has 4 nitrogen and oxygen atoms in total. The summed E-state index contributed by atoms with van der Waals surface area (Å²) in [7, 11) is 0. The molecule has 1 aliphatic rings. The van der Waals surface area contributed by atoms with Crippen molar-refractivity contribution >= 4 is 34.7 Å². The first-order chi connectivity index (χ1) is 8.81. The molecule has 0 saturated carbocycles. The Kier molecular flexibility index (Phi) is 3.29. The fourth-order valence-corrected chi connectivity index (χ4v) is 2.98. The van der Waals surface area contributed by atoms with E-state index in [1.807, 2.05) is 12.5 Å². The Morgan fingerprint density at radius 1 is 1.28 bits per heavy atom. The zero-order chi connectivity index (χ0) is 12.4. The first-order valence-electron chi connectivity index (χ1n) is 5.68. The smallest absolute Gasteiger partial charge is 0.0949 e. The van der Waals surface area contributed by atoms with E-state index in [1.165, 1.54) is 9.75 Å². The first-order valence-corrected chi connectivity index (χ1v) is 6.95. The van der Waals surface area contributed by atoms with E-state index in [1.54, 1.807) is 17.5 Å². The highest BCUT2D eigenvalue weighted by Crippen LogP contribution is 2.22. The summed E-state index contributed by atoms with van der Waals surface area (Å²) in [6.45, 7) is 0.860. The van der Waals surface area contributed by atoms with Crippen molar-refractivity contribution in [1.82, 2.24) is 9.55 Å². The van der Waals surface area contributed by atoms with Crippen molar-refractivity contribution in [3.05, 3.63) is 40.6 Å². The molecule has 0 radical (unpaired) electrons. The third-order valence-corrected chi connectivity index (χ3v) is 4.15. The summed E-state index contributed by atoms with van der Waals surface area (Å²) in [5, 5.41) is 9.06. The van der Waals surface area contributed by atoms with E-state index in [0.717, 1.165) is 30.1 Å². The summed E-state index contributed by atoms with van der Waals surface area (Å²) in [6, 6.07) is 4.26. The molecule has 0 aromatic carbocycles. The van der Waals surface area contributed by atoms with E-state index >= 15 is 0 Å². The molecule has 2 aromatic heterocycles. The van der Waals surface area contributed by atoms with Crippen LogP contribution < -0.4 is 0 Å². The third kappa shape index (κ3) is 2.54. The second-order valence-corrected chi connectivity index (χ2v) is 5.75. The van der Waals surface area contributed by atoms with Crippen LogP contribution in [0, 0.1) is 0 Å². The van der Waals surface area contributed by atoms with Crippen molar-refractivity contribution in [1.29, 1.82) is 0 Å². The molecule has 92 valence electrons. The van der Waals surface area contributed by atoms with Gasteiger partial charge >= 0.3 is 0 Å². The third-order valence-electron chi connectivity index (χ3n) is 2.72. The predicted molar refractivity (Wildman–Crippen MR) is 77.8 cm³/mol. The molecule has 0 amide bonds. The van der Waals surface area contributed by atoms with Crippen molar-refractivity contribution in [2.45, 2.75) is 19.4 Å². The van der Waals surface area contributed by atoms with Gasteiger partial charge in [0.2, 0.25) is 0 Å². The van der Waals surface area contributed by atoms with Crippen LogP contribution in [0.15, 0.2) is 41.1 Å². The largest absolute Gasteiger partial charge is 0.332 e. The Morgan fingerprint density at radius 2 is 2.22 bits per heavy atom. The maximum atomic E-state index is 4.21. The topological polar surface area (TPSA) is 42.5 Å². The molecular weight excluding hydrogens is 264 g/mol. The maximum Gasteiger partial charge on any atom is 0.0949 e. The van der Waals surface area contributed by atoms with Gasteiger partial charge in [0, 0.05) is 23.7 Å². The van der Waals surface area contributed by atoms with E-state index in [9.17, 15) is 0 Å². The molecule has 1 aliphatic heterocycles. The van der Waals surface area contributed by atoms with Gasteiger partial charge in [0.15, 0.2) is 0 Å². The first kappa shape index (κ1) is 11.7. The molecule has 0 fully saturated rings. The van der Waals surface area contributed by atoms with Crippen LogP contribution in [0.1, 0.15) is 22.6 Å². The normalized spacial score (nSPS) is 15.4. The number of nitrogens with zero attached hydrogens (tertiary/aromatic N) is 4. The van der Waals surface area contributed by atoms with E-state index in [2.05, 4.69) is 44.5 Å². The van der Waals surface area contributed by atoms with Crippen LogP contribution in [0.3, 0.4) is 0 Å². The van der Waals surface area contributed by atoms with Gasteiger partial charge in [0.05, 0.1) is 28.5 Å². The van der Waals surface area contributed by atoms with Gasteiger partial charge in [-0.2, -0.15) is 5.10 Å². The van der Waals surface area contributed by atoms with E-state index < -0.39 is 0 Å². The van der Waals surface area contributed by atoms with Crippen LogP contribution in [0.2, 0.25) is 0 Å². The van der Waals surface area contributed by atoms with Crippen LogP contribution in [0.5, 0.6) is 0 Å². The minimum Gasteiger partial charge on any atom is -0.332 e. The van der Waals surface area contributed by atoms with Crippen molar-refractivity contribution in [3.63, 3.8) is 0 Å². The number of hydrogen-bond donors (Lipinski definition) is 1. The standard InChI is InChI=1S/C12H12N4S2/c17-12-4-2-10(14-15-12)11-3-1-9(18-11)7-16-6-5-13-8-16/h1,3,5-6,8H,2,4,7H2,(H,15,17). The minimum absolute atomic E-state index is 0.814. The van der Waals surface area contributed by atoms with Crippen LogP contribution in [0.4, 0.5) is 0 Å². The lowest BCUT2D eigenvalue weighted by Crippen LogP contribution is -2.05. The molecule has 0 unspecified atom stereocenters. The Morgan fingerprint density at radius 3 is 2.94 bits per heavy atom. The average Bonchev–Trinajstić information content (AvgIpc) is 3.02. The minimum atomic E-state index is 0.814. The Hall–Kier alpha value is -1.40. The zero-order valence-electron chi connectivity index (χ0n) is 9.65. The Labute approximate surface area is 115 Å². The molecule has 0 atom stereocenters. The SMILES string of the molecule is SC1=NN=C(c2ccc(Cn3ccnc3)s2)CC1. The maximum absolute atomic E-state index is 4.21. The number of thiol groups is 1. The fraction of sp³-hybridized carbons (Fsp3) is 0.250. The average molecular weight is 276 g/mol. The summed E-state index contributed by atoms with van der Waals surface area (Å²) in [6.07, 6.45) is 7.40. The molecule has 0 bridgehead atoms. The molecular formula is C12H12N4S2. The number of aromatic nitrogens is 2.